The van der Waals surface area contributed by atoms with E-state index in [4.69, 9.17) is 4.74 Å². The molecular weight excluding hydrogens is 402 g/mol. The summed E-state index contributed by atoms with van der Waals surface area (Å²) in [5, 5.41) is 7.85. The second kappa shape index (κ2) is 7.77. The highest BCUT2D eigenvalue weighted by atomic mass is 32.1. The molecule has 2 unspecified atom stereocenters. The van der Waals surface area contributed by atoms with E-state index in [0.717, 1.165) is 15.8 Å². The summed E-state index contributed by atoms with van der Waals surface area (Å²) in [6.45, 7) is 0.584. The first kappa shape index (κ1) is 18.6. The average molecular weight is 419 g/mol. The van der Waals surface area contributed by atoms with Crippen molar-refractivity contribution in [3.05, 3.63) is 76.3 Å². The summed E-state index contributed by atoms with van der Waals surface area (Å²) < 4.78 is 7.91. The van der Waals surface area contributed by atoms with E-state index in [1.54, 1.807) is 18.5 Å². The fourth-order valence-electron chi connectivity index (χ4n) is 3.45. The minimum atomic E-state index is -0.410. The zero-order valence-electron chi connectivity index (χ0n) is 15.8. The lowest BCUT2D eigenvalue weighted by atomic mass is 10.1. The van der Waals surface area contributed by atoms with Gasteiger partial charge in [-0.25, -0.2) is 9.67 Å². The molecule has 1 aromatic carbocycles. The fraction of sp³-hybridized carbons (Fsp3) is 0.190. The van der Waals surface area contributed by atoms with Crippen LogP contribution in [0, 0.1) is 0 Å². The molecule has 8 nitrogen and oxygen atoms in total. The van der Waals surface area contributed by atoms with Gasteiger partial charge < -0.3 is 10.1 Å². The van der Waals surface area contributed by atoms with Crippen molar-refractivity contribution in [2.45, 2.75) is 12.1 Å². The van der Waals surface area contributed by atoms with Crippen LogP contribution in [0.4, 0.5) is 0 Å². The number of pyridine rings is 1. The lowest BCUT2D eigenvalue weighted by Crippen LogP contribution is -2.44. The summed E-state index contributed by atoms with van der Waals surface area (Å²) in [5.41, 5.74) is 1.97. The molecule has 150 valence electrons. The standard InChI is InChI=1S/C21H17N5O3S/c27-19-8-7-14(13-4-3-9-22-10-13)25-26(19)17-12-29-11-16(17)23-20(28)21-24-15-5-1-2-6-18(15)30-21/h1-10,16-17H,11-12H2,(H,23,28). The molecule has 5 rings (SSSR count). The Labute approximate surface area is 175 Å². The topological polar surface area (TPSA) is 99.0 Å². The van der Waals surface area contributed by atoms with Crippen LogP contribution in [-0.2, 0) is 4.74 Å². The van der Waals surface area contributed by atoms with Crippen LogP contribution in [0.2, 0.25) is 0 Å². The van der Waals surface area contributed by atoms with Crippen molar-refractivity contribution in [1.29, 1.82) is 0 Å². The first-order valence-corrected chi connectivity index (χ1v) is 10.2. The summed E-state index contributed by atoms with van der Waals surface area (Å²) in [5.74, 6) is -0.284. The van der Waals surface area contributed by atoms with Gasteiger partial charge in [-0.1, -0.05) is 12.1 Å². The maximum atomic E-state index is 12.8. The van der Waals surface area contributed by atoms with Crippen LogP contribution in [0.25, 0.3) is 21.5 Å². The highest BCUT2D eigenvalue weighted by Gasteiger charge is 2.33. The normalized spacial score (nSPS) is 18.5. The largest absolute Gasteiger partial charge is 0.377 e. The number of nitrogens with one attached hydrogen (secondary N) is 1. The molecule has 0 saturated carbocycles. The molecule has 30 heavy (non-hydrogen) atoms. The molecule has 1 amide bonds. The van der Waals surface area contributed by atoms with Crippen LogP contribution in [0.1, 0.15) is 15.8 Å². The van der Waals surface area contributed by atoms with Gasteiger partial charge in [0.1, 0.15) is 6.04 Å². The van der Waals surface area contributed by atoms with Crippen LogP contribution in [-0.4, -0.2) is 44.9 Å². The van der Waals surface area contributed by atoms with Gasteiger partial charge >= 0.3 is 0 Å². The van der Waals surface area contributed by atoms with Crippen molar-refractivity contribution in [3.63, 3.8) is 0 Å². The van der Waals surface area contributed by atoms with Crippen LogP contribution in [0.15, 0.2) is 65.7 Å². The zero-order chi connectivity index (χ0) is 20.5. The van der Waals surface area contributed by atoms with E-state index in [1.807, 2.05) is 36.4 Å². The van der Waals surface area contributed by atoms with E-state index in [-0.39, 0.29) is 24.1 Å². The number of fused-ring (bicyclic) bond motifs is 1. The molecule has 1 aliphatic heterocycles. The predicted molar refractivity (Wildman–Crippen MR) is 112 cm³/mol. The van der Waals surface area contributed by atoms with E-state index in [2.05, 4.69) is 20.4 Å². The molecular formula is C21H17N5O3S. The van der Waals surface area contributed by atoms with Gasteiger partial charge in [0.2, 0.25) is 0 Å². The number of thiazole rings is 1. The highest BCUT2D eigenvalue weighted by Crippen LogP contribution is 2.23. The summed E-state index contributed by atoms with van der Waals surface area (Å²) >= 11 is 1.33. The minimum Gasteiger partial charge on any atom is -0.377 e. The van der Waals surface area contributed by atoms with Crippen LogP contribution in [0.3, 0.4) is 0 Å². The van der Waals surface area contributed by atoms with Crippen LogP contribution >= 0.6 is 11.3 Å². The predicted octanol–water partition coefficient (Wildman–Crippen LogP) is 2.28. The Hall–Kier alpha value is -3.43. The Morgan fingerprint density at radius 3 is 2.87 bits per heavy atom. The van der Waals surface area contributed by atoms with Crippen molar-refractivity contribution in [1.82, 2.24) is 25.1 Å². The summed E-state index contributed by atoms with van der Waals surface area (Å²) in [6.07, 6.45) is 3.37. The van der Waals surface area contributed by atoms with Crippen molar-refractivity contribution in [2.75, 3.05) is 13.2 Å². The van der Waals surface area contributed by atoms with E-state index >= 15 is 0 Å². The lowest BCUT2D eigenvalue weighted by Gasteiger charge is -2.20. The average Bonchev–Trinajstić information content (AvgIpc) is 3.41. The van der Waals surface area contributed by atoms with Gasteiger partial charge in [0, 0.05) is 24.0 Å². The molecule has 9 heteroatoms. The number of para-hydroxylation sites is 1. The quantitative estimate of drug-likeness (QED) is 0.545. The molecule has 1 aliphatic rings. The number of rotatable bonds is 4. The van der Waals surface area contributed by atoms with Gasteiger partial charge in [0.05, 0.1) is 35.2 Å². The van der Waals surface area contributed by atoms with Gasteiger partial charge in [-0.15, -0.1) is 11.3 Å². The number of aromatic nitrogens is 4. The fourth-order valence-corrected chi connectivity index (χ4v) is 4.32. The third kappa shape index (κ3) is 3.49. The number of carbonyl (C=O) groups is 1. The van der Waals surface area contributed by atoms with Crippen molar-refractivity contribution < 1.29 is 9.53 Å². The summed E-state index contributed by atoms with van der Waals surface area (Å²) in [6, 6.07) is 13.6. The number of ether oxygens (including phenoxy) is 1. The van der Waals surface area contributed by atoms with Crippen LogP contribution < -0.4 is 10.9 Å². The van der Waals surface area contributed by atoms with Crippen molar-refractivity contribution in [3.8, 4) is 11.3 Å². The van der Waals surface area contributed by atoms with Gasteiger partial charge in [0.15, 0.2) is 5.01 Å². The minimum absolute atomic E-state index is 0.252. The Morgan fingerprint density at radius 2 is 2.03 bits per heavy atom. The summed E-state index contributed by atoms with van der Waals surface area (Å²) in [7, 11) is 0. The molecule has 1 saturated heterocycles. The SMILES string of the molecule is O=C(NC1COCC1n1nc(-c2cccnc2)ccc1=O)c1nc2ccccc2s1. The Balaban J connectivity index is 1.41. The Kier molecular flexibility index (Phi) is 4.82. The molecule has 3 aromatic heterocycles. The molecule has 0 bridgehead atoms. The maximum Gasteiger partial charge on any atom is 0.280 e. The second-order valence-corrected chi connectivity index (χ2v) is 7.95. The molecule has 0 radical (unpaired) electrons. The maximum absolute atomic E-state index is 12.8. The first-order chi connectivity index (χ1) is 14.7. The Morgan fingerprint density at radius 1 is 1.13 bits per heavy atom. The molecule has 1 N–H and O–H groups in total. The van der Waals surface area contributed by atoms with E-state index in [1.165, 1.54) is 22.1 Å². The molecule has 0 aliphatic carbocycles. The van der Waals surface area contributed by atoms with Crippen molar-refractivity contribution in [2.24, 2.45) is 0 Å². The van der Waals surface area contributed by atoms with E-state index < -0.39 is 6.04 Å². The van der Waals surface area contributed by atoms with E-state index in [9.17, 15) is 9.59 Å². The smallest absolute Gasteiger partial charge is 0.280 e. The lowest BCUT2D eigenvalue weighted by molar-refractivity contribution is 0.0924. The molecule has 0 spiro atoms. The molecule has 4 heterocycles. The first-order valence-electron chi connectivity index (χ1n) is 9.43. The number of nitrogens with zero attached hydrogens (tertiary/aromatic N) is 4. The van der Waals surface area contributed by atoms with Gasteiger partial charge in [-0.05, 0) is 30.3 Å². The summed E-state index contributed by atoms with van der Waals surface area (Å²) in [4.78, 5) is 33.8. The van der Waals surface area contributed by atoms with Gasteiger partial charge in [-0.2, -0.15) is 5.10 Å². The number of hydrogen-bond donors (Lipinski definition) is 1. The van der Waals surface area contributed by atoms with E-state index in [0.29, 0.717) is 17.3 Å². The molecule has 2 atom stereocenters. The molecule has 4 aromatic rings. The number of amides is 1. The highest BCUT2D eigenvalue weighted by molar-refractivity contribution is 7.20. The van der Waals surface area contributed by atoms with Gasteiger partial charge in [0.25, 0.3) is 11.5 Å². The van der Waals surface area contributed by atoms with Crippen LogP contribution in [0.5, 0.6) is 0 Å². The second-order valence-electron chi connectivity index (χ2n) is 6.91. The number of carbonyl (C=O) groups excluding carboxylic acids is 1. The number of hydrogen-bond acceptors (Lipinski definition) is 7. The Bertz CT molecular complexity index is 1240. The third-order valence-corrected chi connectivity index (χ3v) is 5.99. The zero-order valence-corrected chi connectivity index (χ0v) is 16.6. The van der Waals surface area contributed by atoms with Gasteiger partial charge in [-0.3, -0.25) is 14.6 Å². The monoisotopic (exact) mass is 419 g/mol. The molecule has 1 fully saturated rings. The third-order valence-electron chi connectivity index (χ3n) is 4.95. The van der Waals surface area contributed by atoms with Crippen molar-refractivity contribution >= 4 is 27.5 Å². The number of benzene rings is 1.